The molecule has 0 radical (unpaired) electrons. The SMILES string of the molecule is C[C@H](CNS(=O)(=O)Cc1ccccc1Cl)c1ccccc1. The molecule has 0 amide bonds. The standard InChI is InChI=1S/C16H18ClNO2S/c1-13(14-7-3-2-4-8-14)11-18-21(19,20)12-15-9-5-6-10-16(15)17/h2-10,13,18H,11-12H2,1H3/t13-/m1/s1. The first-order chi connectivity index (χ1) is 9.98. The second kappa shape index (κ2) is 7.07. The summed E-state index contributed by atoms with van der Waals surface area (Å²) in [5.74, 6) is 0.0148. The molecule has 2 aromatic carbocycles. The Kier molecular flexibility index (Phi) is 5.39. The van der Waals surface area contributed by atoms with Crippen molar-refractivity contribution in [2.75, 3.05) is 6.54 Å². The molecule has 0 saturated heterocycles. The largest absolute Gasteiger partial charge is 0.215 e. The fourth-order valence-corrected chi connectivity index (χ4v) is 3.57. The Hall–Kier alpha value is -1.36. The molecule has 3 nitrogen and oxygen atoms in total. The van der Waals surface area contributed by atoms with Crippen LogP contribution in [0.4, 0.5) is 0 Å². The molecule has 5 heteroatoms. The lowest BCUT2D eigenvalue weighted by molar-refractivity contribution is 0.574. The first-order valence-electron chi connectivity index (χ1n) is 6.73. The predicted molar refractivity (Wildman–Crippen MR) is 86.9 cm³/mol. The van der Waals surface area contributed by atoms with Crippen LogP contribution in [0.5, 0.6) is 0 Å². The van der Waals surface area contributed by atoms with E-state index in [1.807, 2.05) is 37.3 Å². The van der Waals surface area contributed by atoms with Gasteiger partial charge >= 0.3 is 0 Å². The maximum absolute atomic E-state index is 12.1. The molecule has 21 heavy (non-hydrogen) atoms. The number of sulfonamides is 1. The van der Waals surface area contributed by atoms with Crippen molar-refractivity contribution < 1.29 is 8.42 Å². The van der Waals surface area contributed by atoms with Crippen LogP contribution in [-0.4, -0.2) is 15.0 Å². The van der Waals surface area contributed by atoms with Crippen LogP contribution < -0.4 is 4.72 Å². The number of rotatable bonds is 6. The molecule has 112 valence electrons. The molecule has 0 aromatic heterocycles. The Morgan fingerprint density at radius 1 is 1.05 bits per heavy atom. The summed E-state index contributed by atoms with van der Waals surface area (Å²) in [6.07, 6.45) is 0. The van der Waals surface area contributed by atoms with Gasteiger partial charge < -0.3 is 0 Å². The minimum absolute atomic E-state index is 0.103. The van der Waals surface area contributed by atoms with E-state index in [4.69, 9.17) is 11.6 Å². The quantitative estimate of drug-likeness (QED) is 0.883. The van der Waals surface area contributed by atoms with E-state index in [1.165, 1.54) is 0 Å². The summed E-state index contributed by atoms with van der Waals surface area (Å²) in [7, 11) is -3.39. The van der Waals surface area contributed by atoms with E-state index in [1.54, 1.807) is 24.3 Å². The van der Waals surface area contributed by atoms with E-state index in [-0.39, 0.29) is 11.7 Å². The third-order valence-electron chi connectivity index (χ3n) is 3.28. The van der Waals surface area contributed by atoms with Crippen molar-refractivity contribution in [3.63, 3.8) is 0 Å². The molecule has 0 aliphatic rings. The van der Waals surface area contributed by atoms with Crippen molar-refractivity contribution in [3.8, 4) is 0 Å². The van der Waals surface area contributed by atoms with Gasteiger partial charge in [-0.05, 0) is 23.1 Å². The van der Waals surface area contributed by atoms with Gasteiger partial charge in [-0.1, -0.05) is 67.1 Å². The van der Waals surface area contributed by atoms with Gasteiger partial charge in [0.2, 0.25) is 10.0 Å². The van der Waals surface area contributed by atoms with Gasteiger partial charge in [-0.2, -0.15) is 0 Å². The summed E-state index contributed by atoms with van der Waals surface area (Å²) < 4.78 is 26.9. The molecule has 0 spiro atoms. The van der Waals surface area contributed by atoms with E-state index in [0.717, 1.165) is 5.56 Å². The Morgan fingerprint density at radius 3 is 2.33 bits per heavy atom. The fourth-order valence-electron chi connectivity index (χ4n) is 2.02. The highest BCUT2D eigenvalue weighted by molar-refractivity contribution is 7.88. The number of hydrogen-bond acceptors (Lipinski definition) is 2. The summed E-state index contributed by atoms with van der Waals surface area (Å²) >= 11 is 6.00. The highest BCUT2D eigenvalue weighted by Crippen LogP contribution is 2.18. The zero-order valence-corrected chi connectivity index (χ0v) is 13.4. The molecule has 0 unspecified atom stereocenters. The van der Waals surface area contributed by atoms with Crippen molar-refractivity contribution >= 4 is 21.6 Å². The molecule has 0 fully saturated rings. The molecule has 2 aromatic rings. The predicted octanol–water partition coefficient (Wildman–Crippen LogP) is 3.56. The molecule has 0 aliphatic carbocycles. The van der Waals surface area contributed by atoms with E-state index in [0.29, 0.717) is 17.1 Å². The average molecular weight is 324 g/mol. The van der Waals surface area contributed by atoms with Crippen molar-refractivity contribution in [2.45, 2.75) is 18.6 Å². The van der Waals surface area contributed by atoms with Gasteiger partial charge in [-0.15, -0.1) is 0 Å². The molecule has 1 atom stereocenters. The molecule has 0 bridgehead atoms. The van der Waals surface area contributed by atoms with Crippen molar-refractivity contribution in [1.82, 2.24) is 4.72 Å². The minimum Gasteiger partial charge on any atom is -0.214 e. The van der Waals surface area contributed by atoms with E-state index < -0.39 is 10.0 Å². The van der Waals surface area contributed by atoms with Gasteiger partial charge in [0.05, 0.1) is 5.75 Å². The van der Waals surface area contributed by atoms with Gasteiger partial charge in [0.25, 0.3) is 0 Å². The maximum atomic E-state index is 12.1. The Bertz CT molecular complexity index is 686. The molecule has 0 heterocycles. The van der Waals surface area contributed by atoms with E-state index in [9.17, 15) is 8.42 Å². The van der Waals surface area contributed by atoms with Crippen LogP contribution in [0.1, 0.15) is 24.0 Å². The number of nitrogens with one attached hydrogen (secondary N) is 1. The van der Waals surface area contributed by atoms with E-state index >= 15 is 0 Å². The summed E-state index contributed by atoms with van der Waals surface area (Å²) in [5, 5.41) is 0.471. The van der Waals surface area contributed by atoms with Crippen LogP contribution in [0.25, 0.3) is 0 Å². The first kappa shape index (κ1) is 16.0. The lowest BCUT2D eigenvalue weighted by Crippen LogP contribution is -2.29. The van der Waals surface area contributed by atoms with Crippen molar-refractivity contribution in [3.05, 3.63) is 70.7 Å². The Balaban J connectivity index is 1.97. The third-order valence-corrected chi connectivity index (χ3v) is 4.95. The fraction of sp³-hybridized carbons (Fsp3) is 0.250. The number of halogens is 1. The summed E-state index contributed by atoms with van der Waals surface area (Å²) in [6, 6.07) is 16.8. The highest BCUT2D eigenvalue weighted by atomic mass is 35.5. The first-order valence-corrected chi connectivity index (χ1v) is 8.76. The molecule has 1 N–H and O–H groups in total. The maximum Gasteiger partial charge on any atom is 0.215 e. The van der Waals surface area contributed by atoms with Crippen molar-refractivity contribution in [1.29, 1.82) is 0 Å². The van der Waals surface area contributed by atoms with Crippen LogP contribution in [-0.2, 0) is 15.8 Å². The smallest absolute Gasteiger partial charge is 0.214 e. The molecule has 0 aliphatic heterocycles. The summed E-state index contributed by atoms with van der Waals surface area (Å²) in [5.41, 5.74) is 1.72. The van der Waals surface area contributed by atoms with Gasteiger partial charge in [0.15, 0.2) is 0 Å². The molecular formula is C16H18ClNO2S. The lowest BCUT2D eigenvalue weighted by Gasteiger charge is -2.13. The van der Waals surface area contributed by atoms with Crippen LogP contribution in [0.2, 0.25) is 5.02 Å². The molecular weight excluding hydrogens is 306 g/mol. The van der Waals surface area contributed by atoms with Crippen LogP contribution in [0.15, 0.2) is 54.6 Å². The Labute approximate surface area is 131 Å². The molecule has 0 saturated carbocycles. The monoisotopic (exact) mass is 323 g/mol. The zero-order chi connectivity index (χ0) is 15.3. The Morgan fingerprint density at radius 2 is 1.67 bits per heavy atom. The van der Waals surface area contributed by atoms with E-state index in [2.05, 4.69) is 4.72 Å². The van der Waals surface area contributed by atoms with Crippen LogP contribution >= 0.6 is 11.6 Å². The van der Waals surface area contributed by atoms with Gasteiger partial charge in [0.1, 0.15) is 0 Å². The second-order valence-electron chi connectivity index (χ2n) is 5.01. The van der Waals surface area contributed by atoms with Crippen LogP contribution in [0.3, 0.4) is 0 Å². The summed E-state index contributed by atoms with van der Waals surface area (Å²) in [6.45, 7) is 2.37. The summed E-state index contributed by atoms with van der Waals surface area (Å²) in [4.78, 5) is 0. The topological polar surface area (TPSA) is 46.2 Å². The van der Waals surface area contributed by atoms with Crippen LogP contribution in [0, 0.1) is 0 Å². The van der Waals surface area contributed by atoms with Gasteiger partial charge in [-0.3, -0.25) is 0 Å². The zero-order valence-electron chi connectivity index (χ0n) is 11.8. The number of benzene rings is 2. The number of hydrogen-bond donors (Lipinski definition) is 1. The minimum atomic E-state index is -3.39. The average Bonchev–Trinajstić information content (AvgIpc) is 2.48. The normalized spacial score (nSPS) is 13.0. The lowest BCUT2D eigenvalue weighted by atomic mass is 10.0. The van der Waals surface area contributed by atoms with Gasteiger partial charge in [0, 0.05) is 11.6 Å². The van der Waals surface area contributed by atoms with Gasteiger partial charge in [-0.25, -0.2) is 13.1 Å². The second-order valence-corrected chi connectivity index (χ2v) is 7.22. The third kappa shape index (κ3) is 4.84. The van der Waals surface area contributed by atoms with Crippen molar-refractivity contribution in [2.24, 2.45) is 0 Å². The molecule has 2 rings (SSSR count). The highest BCUT2D eigenvalue weighted by Gasteiger charge is 2.15.